The van der Waals surface area contributed by atoms with Crippen LogP contribution in [0.5, 0.6) is 5.75 Å². The Kier molecular flexibility index (Phi) is 3.93. The molecule has 0 unspecified atom stereocenters. The van der Waals surface area contributed by atoms with Crippen LogP contribution in [0, 0.1) is 11.3 Å². The third-order valence-corrected chi connectivity index (χ3v) is 2.77. The van der Waals surface area contributed by atoms with E-state index in [1.54, 1.807) is 19.4 Å². The summed E-state index contributed by atoms with van der Waals surface area (Å²) in [4.78, 5) is 4.26. The van der Waals surface area contributed by atoms with E-state index in [9.17, 15) is 0 Å². The van der Waals surface area contributed by atoms with Crippen molar-refractivity contribution in [3.63, 3.8) is 0 Å². The van der Waals surface area contributed by atoms with Crippen LogP contribution in [-0.2, 0) is 12.8 Å². The molecule has 2 aromatic rings. The van der Waals surface area contributed by atoms with Crippen molar-refractivity contribution in [1.29, 1.82) is 5.26 Å². The number of methoxy groups -OCH3 is 1. The highest BCUT2D eigenvalue weighted by Gasteiger charge is 1.99. The number of nitrogens with zero attached hydrogens (tertiary/aromatic N) is 2. The molecule has 1 aromatic carbocycles. The van der Waals surface area contributed by atoms with Gasteiger partial charge in [-0.1, -0.05) is 12.1 Å². The highest BCUT2D eigenvalue weighted by Crippen LogP contribution is 2.13. The molecule has 0 aliphatic carbocycles. The standard InChI is InChI=1S/C15H14N2O/c1-18-15-6-3-12(4-7-15)2-5-14-10-13(11-16)8-9-17-14/h3-4,6-10H,2,5H2,1H3. The molecular formula is C15H14N2O. The number of aromatic nitrogens is 1. The van der Waals surface area contributed by atoms with Gasteiger partial charge in [-0.2, -0.15) is 5.26 Å². The fraction of sp³-hybridized carbons (Fsp3) is 0.200. The summed E-state index contributed by atoms with van der Waals surface area (Å²) in [7, 11) is 1.66. The van der Waals surface area contributed by atoms with Gasteiger partial charge in [-0.3, -0.25) is 4.98 Å². The molecule has 1 aromatic heterocycles. The van der Waals surface area contributed by atoms with Gasteiger partial charge in [-0.25, -0.2) is 0 Å². The Morgan fingerprint density at radius 1 is 1.17 bits per heavy atom. The Balaban J connectivity index is 2.00. The van der Waals surface area contributed by atoms with E-state index in [0.717, 1.165) is 24.3 Å². The molecule has 90 valence electrons. The maximum atomic E-state index is 8.81. The Morgan fingerprint density at radius 3 is 2.61 bits per heavy atom. The van der Waals surface area contributed by atoms with Gasteiger partial charge < -0.3 is 4.74 Å². The van der Waals surface area contributed by atoms with Crippen molar-refractivity contribution in [2.24, 2.45) is 0 Å². The number of aryl methyl sites for hydroxylation is 2. The van der Waals surface area contributed by atoms with Crippen molar-refractivity contribution in [3.8, 4) is 11.8 Å². The topological polar surface area (TPSA) is 45.9 Å². The van der Waals surface area contributed by atoms with Crippen molar-refractivity contribution >= 4 is 0 Å². The van der Waals surface area contributed by atoms with Crippen molar-refractivity contribution in [1.82, 2.24) is 4.98 Å². The van der Waals surface area contributed by atoms with Crippen LogP contribution in [0.15, 0.2) is 42.6 Å². The first kappa shape index (κ1) is 12.1. The first-order chi connectivity index (χ1) is 8.81. The Labute approximate surface area is 107 Å². The minimum Gasteiger partial charge on any atom is -0.497 e. The minimum atomic E-state index is 0.662. The predicted octanol–water partition coefficient (Wildman–Crippen LogP) is 2.75. The van der Waals surface area contributed by atoms with E-state index in [1.807, 2.05) is 30.3 Å². The number of benzene rings is 1. The molecule has 18 heavy (non-hydrogen) atoms. The number of hydrogen-bond donors (Lipinski definition) is 0. The summed E-state index contributed by atoms with van der Waals surface area (Å²) in [6, 6.07) is 13.7. The average molecular weight is 238 g/mol. The maximum absolute atomic E-state index is 8.81. The molecule has 1 heterocycles. The first-order valence-electron chi connectivity index (χ1n) is 5.80. The molecule has 0 N–H and O–H groups in total. The third kappa shape index (κ3) is 3.08. The molecule has 0 radical (unpaired) electrons. The van der Waals surface area contributed by atoms with Crippen LogP contribution in [0.25, 0.3) is 0 Å². The van der Waals surface area contributed by atoms with Crippen LogP contribution in [0.3, 0.4) is 0 Å². The zero-order valence-corrected chi connectivity index (χ0v) is 10.3. The zero-order valence-electron chi connectivity index (χ0n) is 10.3. The van der Waals surface area contributed by atoms with E-state index in [-0.39, 0.29) is 0 Å². The van der Waals surface area contributed by atoms with E-state index in [2.05, 4.69) is 11.1 Å². The number of pyridine rings is 1. The summed E-state index contributed by atoms with van der Waals surface area (Å²) in [5, 5.41) is 8.81. The molecule has 0 fully saturated rings. The lowest BCUT2D eigenvalue weighted by Crippen LogP contribution is -1.95. The molecule has 0 spiro atoms. The predicted molar refractivity (Wildman–Crippen MR) is 69.4 cm³/mol. The summed E-state index contributed by atoms with van der Waals surface area (Å²) in [5.41, 5.74) is 2.85. The number of rotatable bonds is 4. The lowest BCUT2D eigenvalue weighted by molar-refractivity contribution is 0.414. The molecule has 3 heteroatoms. The monoisotopic (exact) mass is 238 g/mol. The van der Waals surface area contributed by atoms with Gasteiger partial charge in [0.15, 0.2) is 0 Å². The quantitative estimate of drug-likeness (QED) is 0.822. The summed E-state index contributed by atoms with van der Waals surface area (Å²) in [5.74, 6) is 0.864. The summed E-state index contributed by atoms with van der Waals surface area (Å²) < 4.78 is 5.11. The van der Waals surface area contributed by atoms with Gasteiger partial charge in [-0.05, 0) is 42.7 Å². The third-order valence-electron chi connectivity index (χ3n) is 2.77. The fourth-order valence-electron chi connectivity index (χ4n) is 1.75. The molecule has 0 amide bonds. The van der Waals surface area contributed by atoms with Gasteiger partial charge in [0.1, 0.15) is 5.75 Å². The lowest BCUT2D eigenvalue weighted by Gasteiger charge is -2.03. The molecular weight excluding hydrogens is 224 g/mol. The average Bonchev–Trinajstić information content (AvgIpc) is 2.46. The SMILES string of the molecule is COc1ccc(CCc2cc(C#N)ccn2)cc1. The van der Waals surface area contributed by atoms with Crippen LogP contribution >= 0.6 is 0 Å². The first-order valence-corrected chi connectivity index (χ1v) is 5.80. The second-order valence-corrected chi connectivity index (χ2v) is 4.00. The van der Waals surface area contributed by atoms with Gasteiger partial charge >= 0.3 is 0 Å². The second kappa shape index (κ2) is 5.83. The summed E-state index contributed by atoms with van der Waals surface area (Å²) in [6.45, 7) is 0. The van der Waals surface area contributed by atoms with E-state index >= 15 is 0 Å². The van der Waals surface area contributed by atoms with E-state index in [0.29, 0.717) is 5.56 Å². The van der Waals surface area contributed by atoms with E-state index < -0.39 is 0 Å². The molecule has 0 bridgehead atoms. The molecule has 0 saturated heterocycles. The fourth-order valence-corrected chi connectivity index (χ4v) is 1.75. The lowest BCUT2D eigenvalue weighted by atomic mass is 10.1. The minimum absolute atomic E-state index is 0.662. The molecule has 0 atom stereocenters. The number of ether oxygens (including phenoxy) is 1. The van der Waals surface area contributed by atoms with Crippen molar-refractivity contribution in [2.75, 3.05) is 7.11 Å². The maximum Gasteiger partial charge on any atom is 0.118 e. The number of hydrogen-bond acceptors (Lipinski definition) is 3. The summed E-state index contributed by atoms with van der Waals surface area (Å²) in [6.07, 6.45) is 3.43. The largest absolute Gasteiger partial charge is 0.497 e. The van der Waals surface area contributed by atoms with Crippen molar-refractivity contribution in [3.05, 3.63) is 59.4 Å². The molecule has 3 nitrogen and oxygen atoms in total. The molecule has 2 rings (SSSR count). The van der Waals surface area contributed by atoms with Crippen LogP contribution in [0.2, 0.25) is 0 Å². The van der Waals surface area contributed by atoms with Crippen LogP contribution in [-0.4, -0.2) is 12.1 Å². The van der Waals surface area contributed by atoms with E-state index in [1.165, 1.54) is 5.56 Å². The van der Waals surface area contributed by atoms with Gasteiger partial charge in [0.25, 0.3) is 0 Å². The zero-order chi connectivity index (χ0) is 12.8. The summed E-state index contributed by atoms with van der Waals surface area (Å²) >= 11 is 0. The Hall–Kier alpha value is -2.34. The van der Waals surface area contributed by atoms with Gasteiger partial charge in [0, 0.05) is 11.9 Å². The molecule has 0 aliphatic rings. The van der Waals surface area contributed by atoms with Gasteiger partial charge in [0.2, 0.25) is 0 Å². The van der Waals surface area contributed by atoms with Crippen LogP contribution < -0.4 is 4.74 Å². The smallest absolute Gasteiger partial charge is 0.118 e. The van der Waals surface area contributed by atoms with Crippen LogP contribution in [0.1, 0.15) is 16.8 Å². The normalized spacial score (nSPS) is 9.78. The number of nitriles is 1. The van der Waals surface area contributed by atoms with Crippen molar-refractivity contribution < 1.29 is 4.74 Å². The van der Waals surface area contributed by atoms with Crippen LogP contribution in [0.4, 0.5) is 0 Å². The highest BCUT2D eigenvalue weighted by molar-refractivity contribution is 5.30. The second-order valence-electron chi connectivity index (χ2n) is 4.00. The van der Waals surface area contributed by atoms with E-state index in [4.69, 9.17) is 10.00 Å². The highest BCUT2D eigenvalue weighted by atomic mass is 16.5. The van der Waals surface area contributed by atoms with Gasteiger partial charge in [-0.15, -0.1) is 0 Å². The van der Waals surface area contributed by atoms with Crippen molar-refractivity contribution in [2.45, 2.75) is 12.8 Å². The Morgan fingerprint density at radius 2 is 1.94 bits per heavy atom. The van der Waals surface area contributed by atoms with Gasteiger partial charge in [0.05, 0.1) is 18.7 Å². The molecule has 0 aliphatic heterocycles. The Bertz CT molecular complexity index is 555. The molecule has 0 saturated carbocycles.